The summed E-state index contributed by atoms with van der Waals surface area (Å²) in [7, 11) is 0. The quantitative estimate of drug-likeness (QED) is 0.408. The van der Waals surface area contributed by atoms with Crippen molar-refractivity contribution in [2.24, 2.45) is 44.3 Å². The summed E-state index contributed by atoms with van der Waals surface area (Å²) in [6.45, 7) is 15.8. The van der Waals surface area contributed by atoms with Crippen molar-refractivity contribution in [2.75, 3.05) is 6.79 Å². The van der Waals surface area contributed by atoms with Gasteiger partial charge in [0.25, 0.3) is 0 Å². The Morgan fingerprint density at radius 1 is 0.944 bits per heavy atom. The van der Waals surface area contributed by atoms with Crippen LogP contribution in [0.1, 0.15) is 99.8 Å². The number of carboxylic acids is 1. The maximum Gasteiger partial charge on any atom is 0.313 e. The summed E-state index contributed by atoms with van der Waals surface area (Å²) in [4.78, 5) is 12.2. The van der Waals surface area contributed by atoms with Gasteiger partial charge in [-0.05, 0) is 102 Å². The van der Waals surface area contributed by atoms with Crippen molar-refractivity contribution in [3.05, 3.63) is 23.3 Å². The van der Waals surface area contributed by atoms with Crippen LogP contribution in [0.15, 0.2) is 23.3 Å². The maximum atomic E-state index is 12.2. The molecule has 0 aromatic rings. The standard InChI is InChI=1S/C31H48O5/c1-26(2)22-8-11-31(7)24(29(22,5)10-9-23(26)36-18-32)21(33)16-19-20-17-28(4,25(34)35)13-12-27(20,3)14-15-30(19,31)6/h16-17,21-24,32-33H,8-15,18H2,1-7H3,(H,34,35)/t21?,22-,23-,24?,27+,28-,29-,30+,31+/m0/s1. The van der Waals surface area contributed by atoms with Crippen molar-refractivity contribution in [3.63, 3.8) is 0 Å². The lowest BCUT2D eigenvalue weighted by Crippen LogP contribution is -2.66. The Morgan fingerprint density at radius 3 is 2.25 bits per heavy atom. The van der Waals surface area contributed by atoms with Crippen molar-refractivity contribution < 1.29 is 24.9 Å². The Morgan fingerprint density at radius 2 is 1.61 bits per heavy atom. The third kappa shape index (κ3) is 3.21. The average Bonchev–Trinajstić information content (AvgIpc) is 2.78. The molecule has 0 aliphatic heterocycles. The molecule has 0 saturated heterocycles. The lowest BCUT2D eigenvalue weighted by molar-refractivity contribution is -0.233. The van der Waals surface area contributed by atoms with Crippen LogP contribution in [0.2, 0.25) is 0 Å². The zero-order chi connectivity index (χ0) is 26.5. The minimum absolute atomic E-state index is 0.0218. The Hall–Kier alpha value is -1.17. The number of hydrogen-bond donors (Lipinski definition) is 3. The molecule has 3 N–H and O–H groups in total. The Balaban J connectivity index is 1.63. The third-order valence-electron chi connectivity index (χ3n) is 12.9. The minimum atomic E-state index is -0.852. The van der Waals surface area contributed by atoms with Crippen LogP contribution in [0.4, 0.5) is 0 Å². The number of carboxylic acid groups (broad SMARTS) is 1. The van der Waals surface area contributed by atoms with Crippen LogP contribution in [0.25, 0.3) is 0 Å². The molecule has 0 spiro atoms. The van der Waals surface area contributed by atoms with Gasteiger partial charge in [0.15, 0.2) is 0 Å². The first kappa shape index (κ1) is 26.4. The number of carbonyl (C=O) groups is 1. The number of rotatable bonds is 3. The molecule has 5 aliphatic carbocycles. The summed E-state index contributed by atoms with van der Waals surface area (Å²) in [6.07, 6.45) is 11.4. The average molecular weight is 501 g/mol. The number of fused-ring (bicyclic) bond motifs is 7. The topological polar surface area (TPSA) is 87.0 Å². The van der Waals surface area contributed by atoms with E-state index >= 15 is 0 Å². The lowest BCUT2D eigenvalue weighted by Gasteiger charge is -2.71. The summed E-state index contributed by atoms with van der Waals surface area (Å²) in [6, 6.07) is 0. The molecule has 5 aliphatic rings. The number of aliphatic hydroxyl groups is 2. The normalized spacial score (nSPS) is 51.6. The van der Waals surface area contributed by atoms with Gasteiger partial charge < -0.3 is 20.1 Å². The summed E-state index contributed by atoms with van der Waals surface area (Å²) < 4.78 is 5.82. The van der Waals surface area contributed by atoms with Crippen molar-refractivity contribution in [1.29, 1.82) is 0 Å². The SMILES string of the molecule is CC1(C)[C@@H](OCO)CC[C@]2(C)C3C(O)C=C4C5=C[C@@](C)(C(=O)O)CC[C@]5(C)CC[C@@]4(C)[C@]3(C)CC[C@@H]12. The highest BCUT2D eigenvalue weighted by molar-refractivity contribution is 5.78. The highest BCUT2D eigenvalue weighted by atomic mass is 16.6. The van der Waals surface area contributed by atoms with Crippen molar-refractivity contribution in [3.8, 4) is 0 Å². The summed E-state index contributed by atoms with van der Waals surface area (Å²) in [5, 5.41) is 31.6. The zero-order valence-electron chi connectivity index (χ0n) is 23.5. The van der Waals surface area contributed by atoms with Crippen LogP contribution in [-0.4, -0.2) is 40.3 Å². The van der Waals surface area contributed by atoms with E-state index < -0.39 is 17.5 Å². The Bertz CT molecular complexity index is 1010. The molecule has 3 fully saturated rings. The molecule has 0 aromatic carbocycles. The fourth-order valence-electron chi connectivity index (χ4n) is 10.4. The molecule has 0 aromatic heterocycles. The molecule has 0 amide bonds. The molecule has 3 saturated carbocycles. The number of allylic oxidation sites excluding steroid dienone is 2. The van der Waals surface area contributed by atoms with Crippen molar-refractivity contribution in [2.45, 2.75) is 112 Å². The first-order valence-electron chi connectivity index (χ1n) is 14.2. The van der Waals surface area contributed by atoms with E-state index in [2.05, 4.69) is 53.7 Å². The minimum Gasteiger partial charge on any atom is -0.481 e. The molecule has 2 unspecified atom stereocenters. The molecule has 0 bridgehead atoms. The van der Waals surface area contributed by atoms with Gasteiger partial charge in [-0.25, -0.2) is 0 Å². The predicted octanol–water partition coefficient (Wildman–Crippen LogP) is 6.10. The highest BCUT2D eigenvalue weighted by Gasteiger charge is 2.69. The van der Waals surface area contributed by atoms with E-state index in [9.17, 15) is 20.1 Å². The molecule has 0 heterocycles. The van der Waals surface area contributed by atoms with Crippen LogP contribution in [0, 0.1) is 44.3 Å². The fraction of sp³-hybridized carbons (Fsp3) is 0.839. The van der Waals surface area contributed by atoms with Gasteiger partial charge >= 0.3 is 5.97 Å². The van der Waals surface area contributed by atoms with E-state index in [0.29, 0.717) is 12.3 Å². The molecule has 202 valence electrons. The van der Waals surface area contributed by atoms with E-state index in [0.717, 1.165) is 44.9 Å². The maximum absolute atomic E-state index is 12.2. The highest BCUT2D eigenvalue weighted by Crippen LogP contribution is 2.75. The van der Waals surface area contributed by atoms with Crippen molar-refractivity contribution >= 4 is 5.97 Å². The van der Waals surface area contributed by atoms with Gasteiger partial charge in [0, 0.05) is 5.92 Å². The molecule has 5 heteroatoms. The smallest absolute Gasteiger partial charge is 0.313 e. The second-order valence-corrected chi connectivity index (χ2v) is 14.9. The lowest BCUT2D eigenvalue weighted by atomic mass is 9.34. The van der Waals surface area contributed by atoms with Gasteiger partial charge in [0.2, 0.25) is 0 Å². The zero-order valence-corrected chi connectivity index (χ0v) is 23.5. The number of aliphatic carboxylic acids is 1. The second-order valence-electron chi connectivity index (χ2n) is 14.9. The number of hydrogen-bond acceptors (Lipinski definition) is 4. The Labute approximate surface area is 217 Å². The molecular formula is C31H48O5. The van der Waals surface area contributed by atoms with Crippen LogP contribution in [0.3, 0.4) is 0 Å². The Kier molecular flexibility index (Phi) is 5.82. The predicted molar refractivity (Wildman–Crippen MR) is 140 cm³/mol. The molecule has 5 nitrogen and oxygen atoms in total. The van der Waals surface area contributed by atoms with E-state index in [4.69, 9.17) is 4.74 Å². The van der Waals surface area contributed by atoms with Gasteiger partial charge in [0.1, 0.15) is 6.79 Å². The largest absolute Gasteiger partial charge is 0.481 e. The van der Waals surface area contributed by atoms with Gasteiger partial charge in [-0.2, -0.15) is 0 Å². The van der Waals surface area contributed by atoms with Crippen LogP contribution in [0.5, 0.6) is 0 Å². The molecule has 9 atom stereocenters. The van der Waals surface area contributed by atoms with Crippen LogP contribution >= 0.6 is 0 Å². The first-order valence-corrected chi connectivity index (χ1v) is 14.2. The molecule has 0 radical (unpaired) electrons. The van der Waals surface area contributed by atoms with E-state index in [1.54, 1.807) is 0 Å². The summed E-state index contributed by atoms with van der Waals surface area (Å²) >= 11 is 0. The van der Waals surface area contributed by atoms with Crippen LogP contribution in [-0.2, 0) is 9.53 Å². The van der Waals surface area contributed by atoms with Crippen molar-refractivity contribution in [1.82, 2.24) is 0 Å². The molecular weight excluding hydrogens is 452 g/mol. The van der Waals surface area contributed by atoms with Gasteiger partial charge in [-0.1, -0.05) is 53.7 Å². The van der Waals surface area contributed by atoms with Gasteiger partial charge in [0.05, 0.1) is 17.6 Å². The molecule has 36 heavy (non-hydrogen) atoms. The van der Waals surface area contributed by atoms with Crippen LogP contribution < -0.4 is 0 Å². The van der Waals surface area contributed by atoms with Gasteiger partial charge in [-0.15, -0.1) is 0 Å². The van der Waals surface area contributed by atoms with Gasteiger partial charge in [-0.3, -0.25) is 4.79 Å². The molecule has 5 rings (SSSR count). The number of aliphatic hydroxyl groups excluding tert-OH is 2. The third-order valence-corrected chi connectivity index (χ3v) is 12.9. The van der Waals surface area contributed by atoms with E-state index in [-0.39, 0.29) is 45.9 Å². The summed E-state index contributed by atoms with van der Waals surface area (Å²) in [5.74, 6) is -0.214. The van der Waals surface area contributed by atoms with E-state index in [1.807, 2.05) is 6.92 Å². The first-order chi connectivity index (χ1) is 16.6. The monoisotopic (exact) mass is 500 g/mol. The summed E-state index contributed by atoms with van der Waals surface area (Å²) in [5.41, 5.74) is 1.25. The second kappa shape index (κ2) is 7.93. The van der Waals surface area contributed by atoms with E-state index in [1.165, 1.54) is 11.1 Å². The fourth-order valence-corrected chi connectivity index (χ4v) is 10.4. The number of ether oxygens (including phenoxy) is 1.